The number of aliphatic imine (C=N–C) groups is 1. The molecule has 20 heavy (non-hydrogen) atoms. The Morgan fingerprint density at radius 3 is 2.80 bits per heavy atom. The molecule has 0 aromatic rings. The third-order valence-electron chi connectivity index (χ3n) is 3.51. The van der Waals surface area contributed by atoms with Gasteiger partial charge in [0.05, 0.1) is 12.3 Å². The molecule has 1 saturated heterocycles. The Labute approximate surface area is 122 Å². The second-order valence-electron chi connectivity index (χ2n) is 4.88. The Bertz CT molecular complexity index is 410. The number of guanidine groups is 1. The maximum absolute atomic E-state index is 11.2. The lowest BCUT2D eigenvalue weighted by molar-refractivity contribution is 0.273. The van der Waals surface area contributed by atoms with Crippen LogP contribution in [0.2, 0.25) is 0 Å². The molecule has 1 unspecified atom stereocenters. The van der Waals surface area contributed by atoms with Gasteiger partial charge in [-0.1, -0.05) is 6.92 Å². The smallest absolute Gasteiger partial charge is 0.211 e. The van der Waals surface area contributed by atoms with Crippen molar-refractivity contribution < 1.29 is 8.42 Å². The van der Waals surface area contributed by atoms with Crippen LogP contribution in [0.3, 0.4) is 0 Å². The molecule has 1 aliphatic rings. The summed E-state index contributed by atoms with van der Waals surface area (Å²) in [7, 11) is -3.13. The van der Waals surface area contributed by atoms with Crippen LogP contribution in [-0.2, 0) is 10.0 Å². The van der Waals surface area contributed by atoms with E-state index in [9.17, 15) is 8.42 Å². The molecule has 4 N–H and O–H groups in total. The SMILES string of the molecule is CCN1CCCC1CN=C(N)NCCNS(=O)(=O)CC. The summed E-state index contributed by atoms with van der Waals surface area (Å²) in [4.78, 5) is 6.73. The summed E-state index contributed by atoms with van der Waals surface area (Å²) in [6, 6.07) is 0.485. The van der Waals surface area contributed by atoms with Crippen LogP contribution in [0.4, 0.5) is 0 Å². The highest BCUT2D eigenvalue weighted by atomic mass is 32.2. The summed E-state index contributed by atoms with van der Waals surface area (Å²) in [5, 5.41) is 2.92. The minimum atomic E-state index is -3.13. The summed E-state index contributed by atoms with van der Waals surface area (Å²) in [6.45, 7) is 7.41. The van der Waals surface area contributed by atoms with Crippen molar-refractivity contribution in [2.45, 2.75) is 32.7 Å². The highest BCUT2D eigenvalue weighted by Crippen LogP contribution is 2.16. The van der Waals surface area contributed by atoms with Crippen molar-refractivity contribution in [1.82, 2.24) is 14.9 Å². The van der Waals surface area contributed by atoms with Gasteiger partial charge >= 0.3 is 0 Å². The number of likely N-dealkylation sites (tertiary alicyclic amines) is 1. The largest absolute Gasteiger partial charge is 0.370 e. The lowest BCUT2D eigenvalue weighted by Crippen LogP contribution is -2.40. The van der Waals surface area contributed by atoms with Crippen LogP contribution < -0.4 is 15.8 Å². The van der Waals surface area contributed by atoms with Crippen LogP contribution in [0.15, 0.2) is 4.99 Å². The number of nitrogens with one attached hydrogen (secondary N) is 2. The van der Waals surface area contributed by atoms with Crippen molar-refractivity contribution in [2.24, 2.45) is 10.7 Å². The Morgan fingerprint density at radius 1 is 1.40 bits per heavy atom. The van der Waals surface area contributed by atoms with E-state index in [4.69, 9.17) is 5.73 Å². The molecular weight excluding hydrogens is 278 g/mol. The molecule has 1 rings (SSSR count). The maximum Gasteiger partial charge on any atom is 0.211 e. The molecule has 0 saturated carbocycles. The third-order valence-corrected chi connectivity index (χ3v) is 4.91. The van der Waals surface area contributed by atoms with Gasteiger partial charge in [0.15, 0.2) is 5.96 Å². The highest BCUT2D eigenvalue weighted by molar-refractivity contribution is 7.89. The average molecular weight is 305 g/mol. The van der Waals surface area contributed by atoms with Crippen molar-refractivity contribution in [3.05, 3.63) is 0 Å². The zero-order valence-electron chi connectivity index (χ0n) is 12.4. The fourth-order valence-electron chi connectivity index (χ4n) is 2.28. The first kappa shape index (κ1) is 17.2. The molecular formula is C12H27N5O2S. The number of hydrogen-bond acceptors (Lipinski definition) is 4. The van der Waals surface area contributed by atoms with E-state index in [-0.39, 0.29) is 5.75 Å². The molecule has 7 nitrogen and oxygen atoms in total. The summed E-state index contributed by atoms with van der Waals surface area (Å²) in [5.41, 5.74) is 5.76. The van der Waals surface area contributed by atoms with Gasteiger partial charge in [0.25, 0.3) is 0 Å². The number of likely N-dealkylation sites (N-methyl/N-ethyl adjacent to an activating group) is 1. The molecule has 0 radical (unpaired) electrons. The first-order chi connectivity index (χ1) is 9.48. The molecule has 0 bridgehead atoms. The van der Waals surface area contributed by atoms with E-state index < -0.39 is 10.0 Å². The van der Waals surface area contributed by atoms with Gasteiger partial charge in [0.1, 0.15) is 0 Å². The van der Waals surface area contributed by atoms with Crippen LogP contribution in [0.5, 0.6) is 0 Å². The normalized spacial score (nSPS) is 21.3. The Balaban J connectivity index is 2.22. The zero-order chi connectivity index (χ0) is 15.0. The van der Waals surface area contributed by atoms with E-state index >= 15 is 0 Å². The summed E-state index contributed by atoms with van der Waals surface area (Å²) in [5.74, 6) is 0.467. The summed E-state index contributed by atoms with van der Waals surface area (Å²) in [6.07, 6.45) is 2.39. The standard InChI is InChI=1S/C12H27N5O2S/c1-3-17-9-5-6-11(17)10-15-12(13)14-7-8-16-20(18,19)4-2/h11,16H,3-10H2,1-2H3,(H3,13,14,15). The van der Waals surface area contributed by atoms with Gasteiger partial charge in [-0.2, -0.15) is 0 Å². The Morgan fingerprint density at radius 2 is 2.15 bits per heavy atom. The molecule has 8 heteroatoms. The number of nitrogens with two attached hydrogens (primary N) is 1. The number of nitrogens with zero attached hydrogens (tertiary/aromatic N) is 2. The molecule has 1 atom stereocenters. The van der Waals surface area contributed by atoms with Crippen molar-refractivity contribution in [3.8, 4) is 0 Å². The van der Waals surface area contributed by atoms with E-state index in [1.165, 1.54) is 12.8 Å². The average Bonchev–Trinajstić information content (AvgIpc) is 2.89. The number of sulfonamides is 1. The molecule has 0 aromatic carbocycles. The summed E-state index contributed by atoms with van der Waals surface area (Å²) < 4.78 is 24.9. The third kappa shape index (κ3) is 6.06. The second-order valence-corrected chi connectivity index (χ2v) is 6.97. The molecule has 0 aromatic heterocycles. The van der Waals surface area contributed by atoms with Gasteiger partial charge in [0.2, 0.25) is 10.0 Å². The molecule has 1 fully saturated rings. The maximum atomic E-state index is 11.2. The first-order valence-corrected chi connectivity index (χ1v) is 8.89. The molecule has 1 aliphatic heterocycles. The van der Waals surface area contributed by atoms with Crippen molar-refractivity contribution in [2.75, 3.05) is 38.5 Å². The van der Waals surface area contributed by atoms with Crippen molar-refractivity contribution in [3.63, 3.8) is 0 Å². The molecule has 118 valence electrons. The zero-order valence-corrected chi connectivity index (χ0v) is 13.2. The van der Waals surface area contributed by atoms with Gasteiger partial charge in [-0.3, -0.25) is 9.89 Å². The summed E-state index contributed by atoms with van der Waals surface area (Å²) >= 11 is 0. The minimum Gasteiger partial charge on any atom is -0.370 e. The van der Waals surface area contributed by atoms with E-state index in [1.807, 2.05) is 0 Å². The molecule has 0 aliphatic carbocycles. The number of hydrogen-bond donors (Lipinski definition) is 3. The predicted molar refractivity (Wildman–Crippen MR) is 82.2 cm³/mol. The lowest BCUT2D eigenvalue weighted by Gasteiger charge is -2.20. The van der Waals surface area contributed by atoms with Crippen LogP contribution in [-0.4, -0.2) is 63.8 Å². The highest BCUT2D eigenvalue weighted by Gasteiger charge is 2.22. The van der Waals surface area contributed by atoms with Crippen LogP contribution in [0, 0.1) is 0 Å². The van der Waals surface area contributed by atoms with Crippen LogP contribution in [0.25, 0.3) is 0 Å². The monoisotopic (exact) mass is 305 g/mol. The number of rotatable bonds is 8. The van der Waals surface area contributed by atoms with Crippen LogP contribution in [0.1, 0.15) is 26.7 Å². The van der Waals surface area contributed by atoms with Crippen molar-refractivity contribution >= 4 is 16.0 Å². The molecule has 0 amide bonds. The van der Waals surface area contributed by atoms with Gasteiger partial charge < -0.3 is 11.1 Å². The van der Waals surface area contributed by atoms with E-state index in [2.05, 4.69) is 26.9 Å². The quantitative estimate of drug-likeness (QED) is 0.313. The van der Waals surface area contributed by atoms with E-state index in [0.717, 1.165) is 13.1 Å². The Kier molecular flexibility index (Phi) is 7.25. The van der Waals surface area contributed by atoms with E-state index in [1.54, 1.807) is 6.92 Å². The molecule has 1 heterocycles. The van der Waals surface area contributed by atoms with Crippen LogP contribution >= 0.6 is 0 Å². The van der Waals surface area contributed by atoms with Crippen molar-refractivity contribution in [1.29, 1.82) is 0 Å². The van der Waals surface area contributed by atoms with Gasteiger partial charge in [-0.05, 0) is 32.9 Å². The predicted octanol–water partition coefficient (Wildman–Crippen LogP) is -0.686. The Hall–Kier alpha value is -0.860. The fourth-order valence-corrected chi connectivity index (χ4v) is 2.89. The first-order valence-electron chi connectivity index (χ1n) is 7.23. The topological polar surface area (TPSA) is 99.8 Å². The fraction of sp³-hybridized carbons (Fsp3) is 0.917. The van der Waals surface area contributed by atoms with Gasteiger partial charge in [0, 0.05) is 19.1 Å². The lowest BCUT2D eigenvalue weighted by atomic mass is 10.2. The van der Waals surface area contributed by atoms with Gasteiger partial charge in [-0.25, -0.2) is 13.1 Å². The van der Waals surface area contributed by atoms with Gasteiger partial charge in [-0.15, -0.1) is 0 Å². The van der Waals surface area contributed by atoms with E-state index in [0.29, 0.717) is 31.6 Å². The minimum absolute atomic E-state index is 0.0884. The second kappa shape index (κ2) is 8.43. The molecule has 0 spiro atoms.